The average Bonchev–Trinajstić information content (AvgIpc) is 2.60. The zero-order chi connectivity index (χ0) is 18.7. The van der Waals surface area contributed by atoms with E-state index >= 15 is 0 Å². The third-order valence-electron chi connectivity index (χ3n) is 5.32. The molecule has 0 aromatic heterocycles. The highest BCUT2D eigenvalue weighted by Gasteiger charge is 2.30. The Morgan fingerprint density at radius 2 is 1.65 bits per heavy atom. The summed E-state index contributed by atoms with van der Waals surface area (Å²) in [5.41, 5.74) is 0.0471. The van der Waals surface area contributed by atoms with E-state index in [0.29, 0.717) is 25.4 Å². The van der Waals surface area contributed by atoms with Crippen LogP contribution in [0.4, 0.5) is 0 Å². The minimum atomic E-state index is -3.67. The number of sulfonamides is 1. The van der Waals surface area contributed by atoms with E-state index in [0.717, 1.165) is 6.42 Å². The Morgan fingerprint density at radius 3 is 2.15 bits per heavy atom. The van der Waals surface area contributed by atoms with E-state index < -0.39 is 16.0 Å². The van der Waals surface area contributed by atoms with Crippen LogP contribution in [0.3, 0.4) is 0 Å². The maximum atomic E-state index is 12.7. The van der Waals surface area contributed by atoms with Gasteiger partial charge in [0, 0.05) is 32.6 Å². The summed E-state index contributed by atoms with van der Waals surface area (Å²) in [5.74, 6) is -0.294. The monoisotopic (exact) mass is 380 g/mol. The molecule has 1 aliphatic carbocycles. The molecule has 2 aliphatic rings. The minimum absolute atomic E-state index is 0.0471. The van der Waals surface area contributed by atoms with Gasteiger partial charge in [0.25, 0.3) is 0 Å². The van der Waals surface area contributed by atoms with Crippen LogP contribution >= 0.6 is 0 Å². The van der Waals surface area contributed by atoms with Crippen molar-refractivity contribution in [3.8, 4) is 0 Å². The number of carbonyl (C=O) groups excluding carboxylic acids is 1. The quantitative estimate of drug-likeness (QED) is 0.812. The van der Waals surface area contributed by atoms with Crippen molar-refractivity contribution in [2.24, 2.45) is 5.92 Å². The molecule has 1 aliphatic heterocycles. The largest absolute Gasteiger partial charge is 0.478 e. The van der Waals surface area contributed by atoms with Crippen LogP contribution in [0.1, 0.15) is 42.5 Å². The van der Waals surface area contributed by atoms with Gasteiger partial charge in [-0.3, -0.25) is 4.79 Å². The zero-order valence-electron chi connectivity index (χ0n) is 14.6. The third-order valence-corrected chi connectivity index (χ3v) is 7.23. The van der Waals surface area contributed by atoms with Gasteiger partial charge in [-0.2, -0.15) is 4.31 Å². The second-order valence-corrected chi connectivity index (χ2v) is 8.89. The third kappa shape index (κ3) is 4.07. The van der Waals surface area contributed by atoms with E-state index in [1.54, 1.807) is 4.90 Å². The molecule has 3 rings (SSSR count). The number of benzene rings is 1. The second kappa shape index (κ2) is 7.75. The highest BCUT2D eigenvalue weighted by atomic mass is 32.2. The number of rotatable bonds is 6. The molecule has 1 amide bonds. The normalized spacial score (nSPS) is 19.2. The number of piperazine rings is 1. The SMILES string of the molecule is O=C(O)c1ccc(S(=O)(=O)N2CCN(C(=O)CCC3CCC3)CC2)cc1. The standard InChI is InChI=1S/C18H24N2O5S/c21-17(9-4-14-2-1-3-14)19-10-12-20(13-11-19)26(24,25)16-7-5-15(6-8-16)18(22)23/h5-8,14H,1-4,9-13H2,(H,22,23). The van der Waals surface area contributed by atoms with Crippen molar-refractivity contribution in [3.05, 3.63) is 29.8 Å². The topological polar surface area (TPSA) is 95.0 Å². The van der Waals surface area contributed by atoms with E-state index in [4.69, 9.17) is 5.11 Å². The van der Waals surface area contributed by atoms with Crippen LogP contribution in [-0.2, 0) is 14.8 Å². The van der Waals surface area contributed by atoms with Gasteiger partial charge in [-0.25, -0.2) is 13.2 Å². The maximum Gasteiger partial charge on any atom is 0.335 e. The first-order valence-electron chi connectivity index (χ1n) is 8.99. The molecular formula is C18H24N2O5S. The van der Waals surface area contributed by atoms with E-state index in [-0.39, 0.29) is 29.5 Å². The summed E-state index contributed by atoms with van der Waals surface area (Å²) in [6.45, 7) is 1.32. The summed E-state index contributed by atoms with van der Waals surface area (Å²) in [7, 11) is -3.67. The van der Waals surface area contributed by atoms with Gasteiger partial charge in [0.05, 0.1) is 10.5 Å². The van der Waals surface area contributed by atoms with Gasteiger partial charge < -0.3 is 10.0 Å². The highest BCUT2D eigenvalue weighted by molar-refractivity contribution is 7.89. The average molecular weight is 380 g/mol. The van der Waals surface area contributed by atoms with E-state index in [9.17, 15) is 18.0 Å². The summed E-state index contributed by atoms with van der Waals surface area (Å²) in [5, 5.41) is 8.91. The number of carboxylic acid groups (broad SMARTS) is 1. The van der Waals surface area contributed by atoms with Crippen LogP contribution in [-0.4, -0.2) is 60.8 Å². The Kier molecular flexibility index (Phi) is 5.62. The van der Waals surface area contributed by atoms with Crippen LogP contribution in [0.15, 0.2) is 29.2 Å². The molecule has 2 fully saturated rings. The fraction of sp³-hybridized carbons (Fsp3) is 0.556. The van der Waals surface area contributed by atoms with Gasteiger partial charge in [0.15, 0.2) is 0 Å². The molecular weight excluding hydrogens is 356 g/mol. The molecule has 26 heavy (non-hydrogen) atoms. The summed E-state index contributed by atoms with van der Waals surface area (Å²) in [6, 6.07) is 5.20. The summed E-state index contributed by atoms with van der Waals surface area (Å²) in [6.07, 6.45) is 5.20. The molecule has 8 heteroatoms. The minimum Gasteiger partial charge on any atom is -0.478 e. The van der Waals surface area contributed by atoms with Crippen molar-refractivity contribution in [1.29, 1.82) is 0 Å². The van der Waals surface area contributed by atoms with Crippen molar-refractivity contribution in [2.75, 3.05) is 26.2 Å². The van der Waals surface area contributed by atoms with Crippen LogP contribution < -0.4 is 0 Å². The molecule has 0 atom stereocenters. The fourth-order valence-electron chi connectivity index (χ4n) is 3.36. The second-order valence-electron chi connectivity index (χ2n) is 6.95. The molecule has 1 heterocycles. The van der Waals surface area contributed by atoms with Gasteiger partial charge in [-0.15, -0.1) is 0 Å². The molecule has 0 spiro atoms. The van der Waals surface area contributed by atoms with E-state index in [1.165, 1.54) is 47.8 Å². The molecule has 1 aromatic carbocycles. The number of carbonyl (C=O) groups is 2. The lowest BCUT2D eigenvalue weighted by Gasteiger charge is -2.34. The molecule has 1 aromatic rings. The number of nitrogens with zero attached hydrogens (tertiary/aromatic N) is 2. The number of aromatic carboxylic acids is 1. The van der Waals surface area contributed by atoms with Crippen LogP contribution in [0, 0.1) is 5.92 Å². The van der Waals surface area contributed by atoms with Crippen LogP contribution in [0.5, 0.6) is 0 Å². The maximum absolute atomic E-state index is 12.7. The van der Waals surface area contributed by atoms with E-state index in [1.807, 2.05) is 0 Å². The van der Waals surface area contributed by atoms with Crippen molar-refractivity contribution in [2.45, 2.75) is 37.0 Å². The Bertz CT molecular complexity index is 763. The highest BCUT2D eigenvalue weighted by Crippen LogP contribution is 2.30. The van der Waals surface area contributed by atoms with Gasteiger partial charge in [-0.1, -0.05) is 19.3 Å². The van der Waals surface area contributed by atoms with Crippen LogP contribution in [0.25, 0.3) is 0 Å². The number of carboxylic acids is 1. The molecule has 0 unspecified atom stereocenters. The molecule has 1 saturated heterocycles. The Labute approximate surface area is 153 Å². The smallest absolute Gasteiger partial charge is 0.335 e. The lowest BCUT2D eigenvalue weighted by Crippen LogP contribution is -2.50. The van der Waals surface area contributed by atoms with Crippen molar-refractivity contribution in [3.63, 3.8) is 0 Å². The van der Waals surface area contributed by atoms with Crippen molar-refractivity contribution >= 4 is 21.9 Å². The van der Waals surface area contributed by atoms with Gasteiger partial charge in [0.1, 0.15) is 0 Å². The summed E-state index contributed by atoms with van der Waals surface area (Å²) >= 11 is 0. The molecule has 7 nitrogen and oxygen atoms in total. The van der Waals surface area contributed by atoms with Crippen molar-refractivity contribution in [1.82, 2.24) is 9.21 Å². The van der Waals surface area contributed by atoms with Gasteiger partial charge in [0.2, 0.25) is 15.9 Å². The first-order chi connectivity index (χ1) is 12.4. The molecule has 1 N–H and O–H groups in total. The van der Waals surface area contributed by atoms with Gasteiger partial charge >= 0.3 is 5.97 Å². The molecule has 0 radical (unpaired) electrons. The first kappa shape index (κ1) is 18.8. The summed E-state index contributed by atoms with van der Waals surface area (Å²) < 4.78 is 26.7. The number of hydrogen-bond acceptors (Lipinski definition) is 4. The first-order valence-corrected chi connectivity index (χ1v) is 10.4. The van der Waals surface area contributed by atoms with E-state index in [2.05, 4.69) is 0 Å². The van der Waals surface area contributed by atoms with Gasteiger partial charge in [-0.05, 0) is 36.6 Å². The Morgan fingerprint density at radius 1 is 1.04 bits per heavy atom. The number of amides is 1. The predicted octanol–water partition coefficient (Wildman–Crippen LogP) is 1.80. The molecule has 142 valence electrons. The molecule has 1 saturated carbocycles. The lowest BCUT2D eigenvalue weighted by molar-refractivity contribution is -0.132. The van der Waals surface area contributed by atoms with Crippen LogP contribution in [0.2, 0.25) is 0 Å². The fourth-order valence-corrected chi connectivity index (χ4v) is 4.79. The predicted molar refractivity (Wildman–Crippen MR) is 95.3 cm³/mol. The Hall–Kier alpha value is -1.93. The summed E-state index contributed by atoms with van der Waals surface area (Å²) in [4.78, 5) is 25.0. The zero-order valence-corrected chi connectivity index (χ0v) is 15.5. The Balaban J connectivity index is 1.55. The number of hydrogen-bond donors (Lipinski definition) is 1. The van der Waals surface area contributed by atoms with Crippen molar-refractivity contribution < 1.29 is 23.1 Å². The molecule has 0 bridgehead atoms. The lowest BCUT2D eigenvalue weighted by atomic mass is 9.82.